The van der Waals surface area contributed by atoms with Crippen molar-refractivity contribution in [2.24, 2.45) is 0 Å². The SMILES string of the molecule is COc1ccccc1-c1cc(C(=O)NCCCc2cnc3cc(C)nn3c2)[nH]n1. The Labute approximate surface area is 167 Å². The molecule has 0 bridgehead atoms. The maximum atomic E-state index is 12.4. The average molecular weight is 390 g/mol. The molecule has 0 aliphatic heterocycles. The normalized spacial score (nSPS) is 11.0. The fourth-order valence-corrected chi connectivity index (χ4v) is 3.18. The minimum Gasteiger partial charge on any atom is -0.496 e. The van der Waals surface area contributed by atoms with Crippen LogP contribution in [0.4, 0.5) is 0 Å². The van der Waals surface area contributed by atoms with Crippen molar-refractivity contribution in [3.63, 3.8) is 0 Å². The van der Waals surface area contributed by atoms with E-state index in [1.807, 2.05) is 49.6 Å². The number of para-hydroxylation sites is 1. The summed E-state index contributed by atoms with van der Waals surface area (Å²) in [6, 6.07) is 11.2. The zero-order valence-electron chi connectivity index (χ0n) is 16.3. The van der Waals surface area contributed by atoms with Crippen LogP contribution in [0.2, 0.25) is 0 Å². The number of ether oxygens (including phenoxy) is 1. The molecule has 0 spiro atoms. The highest BCUT2D eigenvalue weighted by Gasteiger charge is 2.13. The van der Waals surface area contributed by atoms with E-state index in [0.717, 1.165) is 35.3 Å². The summed E-state index contributed by atoms with van der Waals surface area (Å²) in [5.41, 5.74) is 4.78. The lowest BCUT2D eigenvalue weighted by Gasteiger charge is -2.05. The van der Waals surface area contributed by atoms with Crippen molar-refractivity contribution in [3.8, 4) is 17.0 Å². The molecule has 1 amide bonds. The van der Waals surface area contributed by atoms with Gasteiger partial charge in [0, 0.05) is 30.6 Å². The van der Waals surface area contributed by atoms with Crippen molar-refractivity contribution in [3.05, 3.63) is 65.7 Å². The van der Waals surface area contributed by atoms with Gasteiger partial charge in [0.2, 0.25) is 0 Å². The van der Waals surface area contributed by atoms with Gasteiger partial charge in [0.05, 0.1) is 18.5 Å². The van der Waals surface area contributed by atoms with E-state index in [0.29, 0.717) is 23.7 Å². The van der Waals surface area contributed by atoms with Crippen LogP contribution in [0.25, 0.3) is 16.9 Å². The number of methoxy groups -OCH3 is 1. The topological polar surface area (TPSA) is 97.2 Å². The number of aromatic amines is 1. The number of fused-ring (bicyclic) bond motifs is 1. The van der Waals surface area contributed by atoms with Crippen LogP contribution in [0.3, 0.4) is 0 Å². The number of carbonyl (C=O) groups is 1. The monoisotopic (exact) mass is 390 g/mol. The summed E-state index contributed by atoms with van der Waals surface area (Å²) in [5.74, 6) is 0.527. The van der Waals surface area contributed by atoms with Gasteiger partial charge >= 0.3 is 0 Å². The molecular formula is C21H22N6O2. The maximum absolute atomic E-state index is 12.4. The summed E-state index contributed by atoms with van der Waals surface area (Å²) in [5, 5.41) is 14.3. The Hall–Kier alpha value is -3.68. The van der Waals surface area contributed by atoms with Gasteiger partial charge in [0.1, 0.15) is 11.4 Å². The molecule has 8 heteroatoms. The highest BCUT2D eigenvalue weighted by Crippen LogP contribution is 2.28. The zero-order valence-corrected chi connectivity index (χ0v) is 16.3. The third-order valence-corrected chi connectivity index (χ3v) is 4.62. The van der Waals surface area contributed by atoms with Gasteiger partial charge in [-0.05, 0) is 43.5 Å². The molecule has 4 aromatic rings. The van der Waals surface area contributed by atoms with E-state index in [1.54, 1.807) is 17.7 Å². The molecule has 3 aromatic heterocycles. The van der Waals surface area contributed by atoms with Crippen molar-refractivity contribution in [1.29, 1.82) is 0 Å². The average Bonchev–Trinajstić information content (AvgIpc) is 3.36. The highest BCUT2D eigenvalue weighted by atomic mass is 16.5. The van der Waals surface area contributed by atoms with Crippen molar-refractivity contribution in [2.75, 3.05) is 13.7 Å². The Balaban J connectivity index is 1.32. The first-order valence-corrected chi connectivity index (χ1v) is 9.42. The summed E-state index contributed by atoms with van der Waals surface area (Å²) in [7, 11) is 1.61. The van der Waals surface area contributed by atoms with E-state index in [4.69, 9.17) is 4.74 Å². The first kappa shape index (κ1) is 18.7. The van der Waals surface area contributed by atoms with Crippen molar-refractivity contribution >= 4 is 11.6 Å². The Morgan fingerprint density at radius 3 is 3.00 bits per heavy atom. The standard InChI is InChI=1S/C21H22N6O2/c1-14-10-20-23-12-15(13-27(20)26-14)6-5-9-22-21(28)18-11-17(24-25-18)16-7-3-4-8-19(16)29-2/h3-4,7-8,10-13H,5-6,9H2,1-2H3,(H,22,28)(H,24,25). The van der Waals surface area contributed by atoms with Gasteiger partial charge in [-0.15, -0.1) is 0 Å². The fourth-order valence-electron chi connectivity index (χ4n) is 3.18. The number of hydrogen-bond acceptors (Lipinski definition) is 5. The molecule has 0 saturated heterocycles. The third-order valence-electron chi connectivity index (χ3n) is 4.62. The Morgan fingerprint density at radius 1 is 1.28 bits per heavy atom. The number of nitrogens with one attached hydrogen (secondary N) is 2. The Bertz CT molecular complexity index is 1150. The van der Waals surface area contributed by atoms with Gasteiger partial charge in [0.25, 0.3) is 5.91 Å². The van der Waals surface area contributed by atoms with E-state index in [1.165, 1.54) is 0 Å². The molecule has 29 heavy (non-hydrogen) atoms. The van der Waals surface area contributed by atoms with Crippen LogP contribution < -0.4 is 10.1 Å². The van der Waals surface area contributed by atoms with Gasteiger partial charge in [-0.3, -0.25) is 9.89 Å². The number of benzene rings is 1. The van der Waals surface area contributed by atoms with E-state index < -0.39 is 0 Å². The molecule has 0 atom stereocenters. The number of amides is 1. The Morgan fingerprint density at radius 2 is 2.14 bits per heavy atom. The van der Waals surface area contributed by atoms with Crippen molar-refractivity contribution in [2.45, 2.75) is 19.8 Å². The lowest BCUT2D eigenvalue weighted by Crippen LogP contribution is -2.25. The van der Waals surface area contributed by atoms with Gasteiger partial charge < -0.3 is 10.1 Å². The highest BCUT2D eigenvalue weighted by molar-refractivity contribution is 5.93. The summed E-state index contributed by atoms with van der Waals surface area (Å²) in [4.78, 5) is 16.8. The Kier molecular flexibility index (Phi) is 5.24. The van der Waals surface area contributed by atoms with E-state index in [-0.39, 0.29) is 5.91 Å². The van der Waals surface area contributed by atoms with Crippen LogP contribution in [0, 0.1) is 6.92 Å². The van der Waals surface area contributed by atoms with Crippen LogP contribution in [0.1, 0.15) is 28.2 Å². The lowest BCUT2D eigenvalue weighted by molar-refractivity contribution is 0.0948. The molecule has 3 heterocycles. The maximum Gasteiger partial charge on any atom is 0.269 e. The fraction of sp³-hybridized carbons (Fsp3) is 0.238. The van der Waals surface area contributed by atoms with Crippen LogP contribution >= 0.6 is 0 Å². The number of rotatable bonds is 7. The molecule has 0 saturated carbocycles. The summed E-state index contributed by atoms with van der Waals surface area (Å²) < 4.78 is 7.14. The number of nitrogens with zero attached hydrogens (tertiary/aromatic N) is 4. The summed E-state index contributed by atoms with van der Waals surface area (Å²) in [6.45, 7) is 2.50. The largest absolute Gasteiger partial charge is 0.496 e. The smallest absolute Gasteiger partial charge is 0.269 e. The lowest BCUT2D eigenvalue weighted by atomic mass is 10.1. The molecule has 0 fully saturated rings. The second-order valence-electron chi connectivity index (χ2n) is 6.78. The van der Waals surface area contributed by atoms with Gasteiger partial charge in [-0.25, -0.2) is 9.50 Å². The first-order chi connectivity index (χ1) is 14.1. The van der Waals surface area contributed by atoms with Gasteiger partial charge in [-0.1, -0.05) is 12.1 Å². The van der Waals surface area contributed by atoms with E-state index in [9.17, 15) is 4.79 Å². The minimum atomic E-state index is -0.185. The van der Waals surface area contributed by atoms with Crippen molar-refractivity contribution < 1.29 is 9.53 Å². The minimum absolute atomic E-state index is 0.185. The molecule has 0 unspecified atom stereocenters. The van der Waals surface area contributed by atoms with Gasteiger partial charge in [0.15, 0.2) is 5.65 Å². The number of H-pyrrole nitrogens is 1. The van der Waals surface area contributed by atoms with Crippen LogP contribution in [0.15, 0.2) is 48.8 Å². The summed E-state index contributed by atoms with van der Waals surface area (Å²) >= 11 is 0. The number of carbonyl (C=O) groups excluding carboxylic acids is 1. The number of hydrogen-bond donors (Lipinski definition) is 2. The molecule has 0 aliphatic carbocycles. The molecule has 148 valence electrons. The van der Waals surface area contributed by atoms with Crippen LogP contribution in [0.5, 0.6) is 5.75 Å². The molecule has 2 N–H and O–H groups in total. The quantitative estimate of drug-likeness (QED) is 0.473. The molecule has 0 aliphatic rings. The third kappa shape index (κ3) is 4.11. The predicted octanol–water partition coefficient (Wildman–Crippen LogP) is 2.80. The number of aromatic nitrogens is 5. The molecular weight excluding hydrogens is 368 g/mol. The first-order valence-electron chi connectivity index (χ1n) is 9.42. The van der Waals surface area contributed by atoms with E-state index >= 15 is 0 Å². The molecule has 8 nitrogen and oxygen atoms in total. The predicted molar refractivity (Wildman–Crippen MR) is 109 cm³/mol. The summed E-state index contributed by atoms with van der Waals surface area (Å²) in [6.07, 6.45) is 5.43. The van der Waals surface area contributed by atoms with Crippen LogP contribution in [-0.2, 0) is 6.42 Å². The second kappa shape index (κ2) is 8.14. The van der Waals surface area contributed by atoms with Gasteiger partial charge in [-0.2, -0.15) is 10.2 Å². The van der Waals surface area contributed by atoms with Crippen LogP contribution in [-0.4, -0.2) is 44.4 Å². The molecule has 1 aromatic carbocycles. The van der Waals surface area contributed by atoms with Crippen molar-refractivity contribution in [1.82, 2.24) is 30.1 Å². The second-order valence-corrected chi connectivity index (χ2v) is 6.78. The number of aryl methyl sites for hydroxylation is 2. The van der Waals surface area contributed by atoms with E-state index in [2.05, 4.69) is 25.6 Å². The molecule has 0 radical (unpaired) electrons. The molecule has 4 rings (SSSR count). The zero-order chi connectivity index (χ0) is 20.2.